The van der Waals surface area contributed by atoms with Crippen molar-refractivity contribution in [3.05, 3.63) is 60.1 Å². The summed E-state index contributed by atoms with van der Waals surface area (Å²) in [7, 11) is -2.07. The minimum atomic E-state index is -2.07. The lowest BCUT2D eigenvalue weighted by molar-refractivity contribution is 0.0688. The Morgan fingerprint density at radius 3 is 2.50 bits per heavy atom. The number of benzene rings is 1. The molecule has 2 rings (SSSR count). The lowest BCUT2D eigenvalue weighted by Gasteiger charge is -2.22. The lowest BCUT2D eigenvalue weighted by atomic mass is 10.2. The van der Waals surface area contributed by atoms with Gasteiger partial charge in [0.15, 0.2) is 0 Å². The summed E-state index contributed by atoms with van der Waals surface area (Å²) in [5, 5.41) is 0. The van der Waals surface area contributed by atoms with Crippen LogP contribution < -0.4 is 0 Å². The Morgan fingerprint density at radius 2 is 1.89 bits per heavy atom. The summed E-state index contributed by atoms with van der Waals surface area (Å²) >= 11 is 0. The molecule has 0 bridgehead atoms. The van der Waals surface area contributed by atoms with E-state index < -0.39 is 8.32 Å². The minimum Gasteiger partial charge on any atom is -0.514 e. The normalized spacial score (nSPS) is 11.2. The van der Waals surface area contributed by atoms with Crippen LogP contribution in [0.2, 0.25) is 13.1 Å². The zero-order chi connectivity index (χ0) is 13.0. The maximum Gasteiger partial charge on any atom is 0.360 e. The van der Waals surface area contributed by atoms with Gasteiger partial charge in [-0.05, 0) is 30.8 Å². The van der Waals surface area contributed by atoms with E-state index >= 15 is 0 Å². The van der Waals surface area contributed by atoms with Crippen LogP contribution in [-0.4, -0.2) is 14.3 Å². The van der Waals surface area contributed by atoms with Gasteiger partial charge in [-0.15, -0.1) is 0 Å². The quantitative estimate of drug-likeness (QED) is 0.791. The predicted octanol–water partition coefficient (Wildman–Crippen LogP) is 3.42. The van der Waals surface area contributed by atoms with Crippen molar-refractivity contribution in [2.24, 2.45) is 0 Å². The van der Waals surface area contributed by atoms with Crippen molar-refractivity contribution >= 4 is 14.3 Å². The summed E-state index contributed by atoms with van der Waals surface area (Å²) in [5.74, 6) is -0.101. The molecule has 4 heteroatoms. The number of carbonyl (C=O) groups is 1. The zero-order valence-electron chi connectivity index (χ0n) is 10.6. The maximum absolute atomic E-state index is 11.8. The van der Waals surface area contributed by atoms with Gasteiger partial charge in [-0.3, -0.25) is 0 Å². The molecule has 0 saturated carbocycles. The highest BCUT2D eigenvalue weighted by atomic mass is 28.4. The molecule has 0 N–H and O–H groups in total. The number of rotatable bonds is 4. The second-order valence-electron chi connectivity index (χ2n) is 4.79. The summed E-state index contributed by atoms with van der Waals surface area (Å²) in [6.07, 6.45) is 1.47. The van der Waals surface area contributed by atoms with Crippen molar-refractivity contribution in [2.45, 2.75) is 19.1 Å². The Balaban J connectivity index is 2.01. The van der Waals surface area contributed by atoms with Gasteiger partial charge in [-0.25, -0.2) is 4.79 Å². The molecule has 0 atom stereocenters. The van der Waals surface area contributed by atoms with Gasteiger partial charge in [0.1, 0.15) is 0 Å². The molecule has 0 aliphatic carbocycles. The second-order valence-corrected chi connectivity index (χ2v) is 8.87. The third kappa shape index (κ3) is 3.34. The summed E-state index contributed by atoms with van der Waals surface area (Å²) < 4.78 is 10.6. The van der Waals surface area contributed by atoms with Crippen molar-refractivity contribution in [3.63, 3.8) is 0 Å². The Bertz CT molecular complexity index is 503. The maximum atomic E-state index is 11.8. The molecule has 0 spiro atoms. The Hall–Kier alpha value is -1.81. The zero-order valence-corrected chi connectivity index (χ0v) is 11.6. The van der Waals surface area contributed by atoms with Crippen LogP contribution in [0.15, 0.2) is 53.1 Å². The van der Waals surface area contributed by atoms with Gasteiger partial charge in [0.2, 0.25) is 5.76 Å². The summed E-state index contributed by atoms with van der Waals surface area (Å²) in [6, 6.07) is 14.2. The predicted molar refractivity (Wildman–Crippen MR) is 71.8 cm³/mol. The monoisotopic (exact) mass is 260 g/mol. The molecular weight excluding hydrogens is 244 g/mol. The molecular formula is C14H16O3Si. The van der Waals surface area contributed by atoms with E-state index in [1.54, 1.807) is 12.1 Å². The molecule has 1 aromatic heterocycles. The van der Waals surface area contributed by atoms with Crippen LogP contribution in [0.3, 0.4) is 0 Å². The fourth-order valence-corrected chi connectivity index (χ4v) is 3.71. The molecule has 18 heavy (non-hydrogen) atoms. The average Bonchev–Trinajstić information content (AvgIpc) is 2.82. The first kappa shape index (κ1) is 12.6. The number of carbonyl (C=O) groups excluding carboxylic acids is 1. The van der Waals surface area contributed by atoms with Crippen LogP contribution in [0.5, 0.6) is 0 Å². The molecule has 94 valence electrons. The van der Waals surface area contributed by atoms with Crippen molar-refractivity contribution in [1.29, 1.82) is 0 Å². The smallest absolute Gasteiger partial charge is 0.360 e. The standard InChI is InChI=1S/C14H16O3Si/c1-18(2,11-12-7-4-3-5-8-12)17-14(15)13-9-6-10-16-13/h3-10H,11H2,1-2H3. The van der Waals surface area contributed by atoms with E-state index in [0.29, 0.717) is 0 Å². The van der Waals surface area contributed by atoms with E-state index in [9.17, 15) is 4.79 Å². The van der Waals surface area contributed by atoms with Gasteiger partial charge in [0.05, 0.1) is 6.26 Å². The Kier molecular flexibility index (Phi) is 3.67. The first-order valence-electron chi connectivity index (χ1n) is 5.88. The van der Waals surface area contributed by atoms with Crippen molar-refractivity contribution in [3.8, 4) is 0 Å². The molecule has 0 radical (unpaired) electrons. The first-order chi connectivity index (χ1) is 8.57. The van der Waals surface area contributed by atoms with Crippen LogP contribution >= 0.6 is 0 Å². The van der Waals surface area contributed by atoms with Crippen LogP contribution in [0.25, 0.3) is 0 Å². The van der Waals surface area contributed by atoms with Crippen LogP contribution in [-0.2, 0) is 10.5 Å². The highest BCUT2D eigenvalue weighted by molar-refractivity contribution is 6.72. The third-order valence-corrected chi connectivity index (χ3v) is 4.56. The van der Waals surface area contributed by atoms with Gasteiger partial charge in [0.25, 0.3) is 8.32 Å². The highest BCUT2D eigenvalue weighted by Gasteiger charge is 2.28. The van der Waals surface area contributed by atoms with Crippen LogP contribution in [0.4, 0.5) is 0 Å². The van der Waals surface area contributed by atoms with E-state index in [1.807, 2.05) is 31.3 Å². The van der Waals surface area contributed by atoms with Crippen molar-refractivity contribution in [2.75, 3.05) is 0 Å². The lowest BCUT2D eigenvalue weighted by Crippen LogP contribution is -2.36. The van der Waals surface area contributed by atoms with Crippen LogP contribution in [0.1, 0.15) is 16.1 Å². The molecule has 0 aliphatic heterocycles. The topological polar surface area (TPSA) is 39.4 Å². The molecule has 1 heterocycles. The summed E-state index contributed by atoms with van der Waals surface area (Å²) in [6.45, 7) is 4.06. The largest absolute Gasteiger partial charge is 0.514 e. The number of furan rings is 1. The van der Waals surface area contributed by atoms with Gasteiger partial charge < -0.3 is 8.84 Å². The fraction of sp³-hybridized carbons (Fsp3) is 0.214. The van der Waals surface area contributed by atoms with Gasteiger partial charge >= 0.3 is 5.97 Å². The molecule has 0 fully saturated rings. The molecule has 3 nitrogen and oxygen atoms in total. The molecule has 0 saturated heterocycles. The Morgan fingerprint density at radius 1 is 1.17 bits per heavy atom. The molecule has 1 aromatic carbocycles. The van der Waals surface area contributed by atoms with E-state index in [0.717, 1.165) is 6.04 Å². The van der Waals surface area contributed by atoms with E-state index in [1.165, 1.54) is 11.8 Å². The molecule has 0 unspecified atom stereocenters. The van der Waals surface area contributed by atoms with Crippen molar-refractivity contribution in [1.82, 2.24) is 0 Å². The van der Waals surface area contributed by atoms with E-state index in [2.05, 4.69) is 12.1 Å². The summed E-state index contributed by atoms with van der Waals surface area (Å²) in [5.41, 5.74) is 1.20. The molecule has 0 aliphatic rings. The first-order valence-corrected chi connectivity index (χ1v) is 8.99. The van der Waals surface area contributed by atoms with Gasteiger partial charge in [-0.1, -0.05) is 30.3 Å². The van der Waals surface area contributed by atoms with E-state index in [4.69, 9.17) is 8.84 Å². The average molecular weight is 260 g/mol. The van der Waals surface area contributed by atoms with E-state index in [-0.39, 0.29) is 11.7 Å². The number of hydrogen-bond donors (Lipinski definition) is 0. The minimum absolute atomic E-state index is 0.267. The Labute approximate surface area is 108 Å². The van der Waals surface area contributed by atoms with Crippen LogP contribution in [0, 0.1) is 0 Å². The fourth-order valence-electron chi connectivity index (χ4n) is 1.82. The molecule has 0 amide bonds. The van der Waals surface area contributed by atoms with Crippen molar-refractivity contribution < 1.29 is 13.6 Å². The third-order valence-electron chi connectivity index (χ3n) is 2.56. The van der Waals surface area contributed by atoms with Gasteiger partial charge in [0, 0.05) is 6.04 Å². The summed E-state index contributed by atoms with van der Waals surface area (Å²) in [4.78, 5) is 11.8. The number of hydrogen-bond acceptors (Lipinski definition) is 3. The SMILES string of the molecule is C[Si](C)(Cc1ccccc1)OC(=O)c1ccco1. The van der Waals surface area contributed by atoms with Gasteiger partial charge in [-0.2, -0.15) is 0 Å². The second kappa shape index (κ2) is 5.22. The molecule has 2 aromatic rings. The highest BCUT2D eigenvalue weighted by Crippen LogP contribution is 2.15.